The second-order valence-electron chi connectivity index (χ2n) is 4.95. The van der Waals surface area contributed by atoms with Crippen LogP contribution < -0.4 is 4.74 Å². The molecule has 1 aromatic rings. The molecular formula is C12H18N4O4S. The molecule has 2 rings (SSSR count). The topological polar surface area (TPSA) is 92.7 Å². The van der Waals surface area contributed by atoms with E-state index in [1.165, 1.54) is 7.05 Å². The molecule has 0 aliphatic carbocycles. The van der Waals surface area contributed by atoms with E-state index in [0.717, 1.165) is 10.6 Å². The van der Waals surface area contributed by atoms with Gasteiger partial charge in [0.15, 0.2) is 0 Å². The van der Waals surface area contributed by atoms with E-state index in [-0.39, 0.29) is 18.6 Å². The summed E-state index contributed by atoms with van der Waals surface area (Å²) in [6.45, 7) is 0.811. The minimum Gasteiger partial charge on any atom is -0.471 e. The summed E-state index contributed by atoms with van der Waals surface area (Å²) in [5, 5.41) is 7.55. The molecule has 0 aromatic carbocycles. The van der Waals surface area contributed by atoms with Crippen LogP contribution in [0.3, 0.4) is 0 Å². The van der Waals surface area contributed by atoms with Crippen LogP contribution in [0.5, 0.6) is 5.88 Å². The highest BCUT2D eigenvalue weighted by Gasteiger charge is 2.29. The van der Waals surface area contributed by atoms with Crippen molar-refractivity contribution in [1.29, 1.82) is 0 Å². The fourth-order valence-electron chi connectivity index (χ4n) is 1.98. The molecule has 1 saturated heterocycles. The smallest absolute Gasteiger partial charge is 0.238 e. The van der Waals surface area contributed by atoms with Crippen molar-refractivity contribution in [2.24, 2.45) is 0 Å². The van der Waals surface area contributed by atoms with Gasteiger partial charge in [0.2, 0.25) is 21.8 Å². The van der Waals surface area contributed by atoms with Crippen molar-refractivity contribution < 1.29 is 17.9 Å². The Labute approximate surface area is 123 Å². The molecule has 1 aliphatic rings. The number of amides is 1. The van der Waals surface area contributed by atoms with E-state index in [9.17, 15) is 13.2 Å². The number of hydrogen-bond donors (Lipinski definition) is 0. The highest BCUT2D eigenvalue weighted by molar-refractivity contribution is 7.88. The molecule has 0 N–H and O–H groups in total. The van der Waals surface area contributed by atoms with Crippen LogP contribution in [-0.2, 0) is 14.8 Å². The van der Waals surface area contributed by atoms with Crippen LogP contribution in [0.15, 0.2) is 18.3 Å². The molecular weight excluding hydrogens is 296 g/mol. The van der Waals surface area contributed by atoms with Gasteiger partial charge >= 0.3 is 0 Å². The Kier molecular flexibility index (Phi) is 4.73. The van der Waals surface area contributed by atoms with Crippen LogP contribution >= 0.6 is 0 Å². The molecule has 21 heavy (non-hydrogen) atoms. The fourth-order valence-corrected chi connectivity index (χ4v) is 2.32. The lowest BCUT2D eigenvalue weighted by atomic mass is 10.3. The monoisotopic (exact) mass is 314 g/mol. The maximum Gasteiger partial charge on any atom is 0.238 e. The summed E-state index contributed by atoms with van der Waals surface area (Å²) in [4.78, 5) is 13.6. The first-order chi connectivity index (χ1) is 9.86. The molecule has 9 heteroatoms. The molecule has 1 atom stereocenters. The van der Waals surface area contributed by atoms with Crippen molar-refractivity contribution in [3.05, 3.63) is 18.3 Å². The Morgan fingerprint density at radius 3 is 2.95 bits per heavy atom. The Hall–Kier alpha value is -1.74. The van der Waals surface area contributed by atoms with Crippen LogP contribution in [0, 0.1) is 0 Å². The third-order valence-corrected chi connectivity index (χ3v) is 4.52. The Balaban J connectivity index is 1.86. The fraction of sp³-hybridized carbons (Fsp3) is 0.583. The summed E-state index contributed by atoms with van der Waals surface area (Å²) in [6.07, 6.45) is 3.17. The first-order valence-electron chi connectivity index (χ1n) is 6.49. The average Bonchev–Trinajstić information content (AvgIpc) is 2.87. The molecule has 1 amide bonds. The zero-order chi connectivity index (χ0) is 15.5. The van der Waals surface area contributed by atoms with E-state index in [1.807, 2.05) is 0 Å². The molecule has 0 spiro atoms. The number of aromatic nitrogens is 2. The molecule has 0 bridgehead atoms. The predicted molar refractivity (Wildman–Crippen MR) is 75.1 cm³/mol. The normalized spacial score (nSPS) is 19.0. The number of rotatable bonds is 5. The minimum atomic E-state index is -3.35. The molecule has 2 heterocycles. The van der Waals surface area contributed by atoms with Crippen molar-refractivity contribution in [2.75, 3.05) is 32.9 Å². The third kappa shape index (κ3) is 4.36. The van der Waals surface area contributed by atoms with Crippen LogP contribution in [0.25, 0.3) is 0 Å². The highest BCUT2D eigenvalue weighted by Crippen LogP contribution is 2.16. The number of likely N-dealkylation sites (tertiary alicyclic amines) is 1. The molecule has 1 aliphatic heterocycles. The summed E-state index contributed by atoms with van der Waals surface area (Å²) in [7, 11) is -1.97. The van der Waals surface area contributed by atoms with Gasteiger partial charge in [-0.05, 0) is 6.07 Å². The molecule has 116 valence electrons. The summed E-state index contributed by atoms with van der Waals surface area (Å²) >= 11 is 0. The Morgan fingerprint density at radius 2 is 2.33 bits per heavy atom. The van der Waals surface area contributed by atoms with Crippen molar-refractivity contribution in [1.82, 2.24) is 19.4 Å². The van der Waals surface area contributed by atoms with Gasteiger partial charge in [0, 0.05) is 32.3 Å². The lowest BCUT2D eigenvalue weighted by molar-refractivity contribution is -0.130. The summed E-state index contributed by atoms with van der Waals surface area (Å²) < 4.78 is 29.3. The second-order valence-corrected chi connectivity index (χ2v) is 7.04. The molecule has 8 nitrogen and oxygen atoms in total. The van der Waals surface area contributed by atoms with Gasteiger partial charge in [-0.25, -0.2) is 8.42 Å². The van der Waals surface area contributed by atoms with E-state index < -0.39 is 10.0 Å². The van der Waals surface area contributed by atoms with E-state index in [1.54, 1.807) is 23.2 Å². The Bertz CT molecular complexity index is 593. The zero-order valence-corrected chi connectivity index (χ0v) is 12.8. The van der Waals surface area contributed by atoms with Crippen LogP contribution in [0.1, 0.15) is 6.42 Å². The summed E-state index contributed by atoms with van der Waals surface area (Å²) in [5.74, 6) is 0.193. The van der Waals surface area contributed by atoms with E-state index in [2.05, 4.69) is 10.2 Å². The lowest BCUT2D eigenvalue weighted by Crippen LogP contribution is -2.40. The molecule has 1 fully saturated rings. The van der Waals surface area contributed by atoms with Crippen molar-refractivity contribution in [2.45, 2.75) is 12.5 Å². The van der Waals surface area contributed by atoms with Gasteiger partial charge < -0.3 is 9.64 Å². The number of carbonyl (C=O) groups excluding carboxylic acids is 1. The maximum absolute atomic E-state index is 12.0. The zero-order valence-electron chi connectivity index (χ0n) is 12.0. The molecule has 0 radical (unpaired) electrons. The molecule has 0 saturated carbocycles. The lowest BCUT2D eigenvalue weighted by Gasteiger charge is -2.20. The van der Waals surface area contributed by atoms with Gasteiger partial charge in [-0.15, -0.1) is 5.10 Å². The maximum atomic E-state index is 12.0. The van der Waals surface area contributed by atoms with Gasteiger partial charge in [0.05, 0.1) is 19.3 Å². The SMILES string of the molecule is CN(CC(=O)N1CCC(Oc2cccnn2)C1)S(C)(=O)=O. The number of hydrogen-bond acceptors (Lipinski definition) is 6. The van der Waals surface area contributed by atoms with E-state index >= 15 is 0 Å². The van der Waals surface area contributed by atoms with Gasteiger partial charge in [0.1, 0.15) is 6.10 Å². The highest BCUT2D eigenvalue weighted by atomic mass is 32.2. The van der Waals surface area contributed by atoms with Crippen LogP contribution in [0.2, 0.25) is 0 Å². The first kappa shape index (κ1) is 15.6. The third-order valence-electron chi connectivity index (χ3n) is 3.26. The van der Waals surface area contributed by atoms with Crippen molar-refractivity contribution in [3.8, 4) is 5.88 Å². The number of sulfonamides is 1. The van der Waals surface area contributed by atoms with Gasteiger partial charge in [-0.1, -0.05) is 0 Å². The van der Waals surface area contributed by atoms with Crippen molar-refractivity contribution in [3.63, 3.8) is 0 Å². The van der Waals surface area contributed by atoms with Crippen LogP contribution in [0.4, 0.5) is 0 Å². The van der Waals surface area contributed by atoms with Crippen molar-refractivity contribution >= 4 is 15.9 Å². The van der Waals surface area contributed by atoms with Gasteiger partial charge in [-0.2, -0.15) is 9.40 Å². The predicted octanol–water partition coefficient (Wildman–Crippen LogP) is -0.652. The first-order valence-corrected chi connectivity index (χ1v) is 8.34. The van der Waals surface area contributed by atoms with E-state index in [0.29, 0.717) is 25.4 Å². The van der Waals surface area contributed by atoms with Crippen LogP contribution in [-0.4, -0.2) is 72.8 Å². The summed E-state index contributed by atoms with van der Waals surface area (Å²) in [6, 6.07) is 3.43. The molecule has 1 aromatic heterocycles. The van der Waals surface area contributed by atoms with Gasteiger partial charge in [-0.3, -0.25) is 4.79 Å². The largest absolute Gasteiger partial charge is 0.471 e. The average molecular weight is 314 g/mol. The summed E-state index contributed by atoms with van der Waals surface area (Å²) in [5.41, 5.74) is 0. The standard InChI is InChI=1S/C12H18N4O4S/c1-15(21(2,18)19)9-12(17)16-7-5-10(8-16)20-11-4-3-6-13-14-11/h3-4,6,10H,5,7-9H2,1-2H3. The quantitative estimate of drug-likeness (QED) is 0.717. The number of ether oxygens (including phenoxy) is 1. The van der Waals surface area contributed by atoms with Gasteiger partial charge in [0.25, 0.3) is 0 Å². The minimum absolute atomic E-state index is 0.144. The number of nitrogens with zero attached hydrogens (tertiary/aromatic N) is 4. The van der Waals surface area contributed by atoms with E-state index in [4.69, 9.17) is 4.74 Å². The number of likely N-dealkylation sites (N-methyl/N-ethyl adjacent to an activating group) is 1. The Morgan fingerprint density at radius 1 is 1.57 bits per heavy atom. The second kappa shape index (κ2) is 6.35. The number of carbonyl (C=O) groups is 1. The molecule has 1 unspecified atom stereocenters.